The van der Waals surface area contributed by atoms with E-state index in [1.54, 1.807) is 19.2 Å². The molecular weight excluding hydrogens is 331 g/mol. The lowest BCUT2D eigenvalue weighted by atomic mass is 10.1. The van der Waals surface area contributed by atoms with Crippen molar-refractivity contribution in [2.24, 2.45) is 0 Å². The molecule has 1 heterocycles. The Labute approximate surface area is 154 Å². The van der Waals surface area contributed by atoms with Crippen molar-refractivity contribution in [3.05, 3.63) is 65.5 Å². The van der Waals surface area contributed by atoms with Crippen LogP contribution in [0.15, 0.2) is 48.5 Å². The first-order valence-corrected chi connectivity index (χ1v) is 9.06. The molecule has 2 aromatic carbocycles. The molecular formula is C21H25FN2O2. The Morgan fingerprint density at radius 3 is 2.27 bits per heavy atom. The van der Waals surface area contributed by atoms with Gasteiger partial charge in [-0.2, -0.15) is 0 Å². The molecule has 5 heteroatoms. The van der Waals surface area contributed by atoms with Gasteiger partial charge in [-0.25, -0.2) is 4.39 Å². The van der Waals surface area contributed by atoms with Gasteiger partial charge in [-0.3, -0.25) is 9.69 Å². The van der Waals surface area contributed by atoms with Gasteiger partial charge in [0, 0.05) is 31.7 Å². The third kappa shape index (κ3) is 4.82. The van der Waals surface area contributed by atoms with Crippen molar-refractivity contribution in [3.63, 3.8) is 0 Å². The van der Waals surface area contributed by atoms with Crippen LogP contribution in [0.25, 0.3) is 0 Å². The van der Waals surface area contributed by atoms with Crippen LogP contribution >= 0.6 is 0 Å². The Kier molecular flexibility index (Phi) is 6.23. The molecule has 1 saturated heterocycles. The van der Waals surface area contributed by atoms with Gasteiger partial charge < -0.3 is 9.64 Å². The Morgan fingerprint density at radius 2 is 1.65 bits per heavy atom. The minimum Gasteiger partial charge on any atom is -0.497 e. The fourth-order valence-corrected chi connectivity index (χ4v) is 3.25. The number of methoxy groups -OCH3 is 1. The van der Waals surface area contributed by atoms with Crippen LogP contribution in [0.1, 0.15) is 22.3 Å². The molecule has 0 atom stereocenters. The number of halogens is 1. The summed E-state index contributed by atoms with van der Waals surface area (Å²) in [5.74, 6) is 0.557. The first-order valence-electron chi connectivity index (χ1n) is 9.06. The lowest BCUT2D eigenvalue weighted by Gasteiger charge is -2.34. The highest BCUT2D eigenvalue weighted by Crippen LogP contribution is 2.14. The molecule has 0 N–H and O–H groups in total. The van der Waals surface area contributed by atoms with Crippen LogP contribution in [0, 0.1) is 5.82 Å². The third-order valence-corrected chi connectivity index (χ3v) is 4.85. The summed E-state index contributed by atoms with van der Waals surface area (Å²) in [7, 11) is 1.68. The zero-order chi connectivity index (χ0) is 18.4. The SMILES string of the molecule is COc1ccc(CCCN2CCN(C(=O)c3ccc(F)cc3)CC2)cc1. The number of rotatable bonds is 6. The number of aryl methyl sites for hydroxylation is 1. The quantitative estimate of drug-likeness (QED) is 0.797. The van der Waals surface area contributed by atoms with Gasteiger partial charge in [-0.05, 0) is 61.3 Å². The van der Waals surface area contributed by atoms with Gasteiger partial charge in [0.15, 0.2) is 0 Å². The monoisotopic (exact) mass is 356 g/mol. The molecule has 0 unspecified atom stereocenters. The predicted octanol–water partition coefficient (Wildman–Crippen LogP) is 3.22. The average Bonchev–Trinajstić information content (AvgIpc) is 2.69. The number of piperazine rings is 1. The number of ether oxygens (including phenoxy) is 1. The fourth-order valence-electron chi connectivity index (χ4n) is 3.25. The lowest BCUT2D eigenvalue weighted by Crippen LogP contribution is -2.48. The number of hydrogen-bond donors (Lipinski definition) is 0. The van der Waals surface area contributed by atoms with E-state index in [0.717, 1.165) is 51.3 Å². The zero-order valence-corrected chi connectivity index (χ0v) is 15.2. The average molecular weight is 356 g/mol. The summed E-state index contributed by atoms with van der Waals surface area (Å²) >= 11 is 0. The molecule has 0 aromatic heterocycles. The molecule has 0 bridgehead atoms. The molecule has 4 nitrogen and oxygen atoms in total. The summed E-state index contributed by atoms with van der Waals surface area (Å²) in [5, 5.41) is 0. The molecule has 0 saturated carbocycles. The molecule has 2 aromatic rings. The maximum atomic E-state index is 13.0. The van der Waals surface area contributed by atoms with Gasteiger partial charge in [-0.1, -0.05) is 12.1 Å². The number of carbonyl (C=O) groups excluding carboxylic acids is 1. The Morgan fingerprint density at radius 1 is 1.00 bits per heavy atom. The maximum absolute atomic E-state index is 13.0. The summed E-state index contributed by atoms with van der Waals surface area (Å²) in [6.07, 6.45) is 2.14. The van der Waals surface area contributed by atoms with E-state index >= 15 is 0 Å². The summed E-state index contributed by atoms with van der Waals surface area (Å²) < 4.78 is 18.2. The zero-order valence-electron chi connectivity index (χ0n) is 15.2. The van der Waals surface area contributed by atoms with Crippen LogP contribution in [-0.4, -0.2) is 55.5 Å². The summed E-state index contributed by atoms with van der Waals surface area (Å²) in [5.41, 5.74) is 1.87. The standard InChI is InChI=1S/C21H25FN2O2/c1-26-20-10-4-17(5-11-20)3-2-12-23-13-15-24(16-14-23)21(25)18-6-8-19(22)9-7-18/h4-11H,2-3,12-16H2,1H3. The topological polar surface area (TPSA) is 32.8 Å². The molecule has 1 aliphatic heterocycles. The largest absolute Gasteiger partial charge is 0.497 e. The first-order chi connectivity index (χ1) is 12.7. The van der Waals surface area contributed by atoms with Crippen molar-refractivity contribution < 1.29 is 13.9 Å². The van der Waals surface area contributed by atoms with E-state index in [2.05, 4.69) is 17.0 Å². The molecule has 0 spiro atoms. The summed E-state index contributed by atoms with van der Waals surface area (Å²) in [6.45, 7) is 4.24. The Hall–Kier alpha value is -2.40. The normalized spacial score (nSPS) is 15.1. The predicted molar refractivity (Wildman–Crippen MR) is 100 cm³/mol. The molecule has 26 heavy (non-hydrogen) atoms. The second-order valence-electron chi connectivity index (χ2n) is 6.59. The molecule has 138 valence electrons. The van der Waals surface area contributed by atoms with Crippen molar-refractivity contribution in [1.29, 1.82) is 0 Å². The fraction of sp³-hybridized carbons (Fsp3) is 0.381. The highest BCUT2D eigenvalue weighted by atomic mass is 19.1. The number of nitrogens with zero attached hydrogens (tertiary/aromatic N) is 2. The van der Waals surface area contributed by atoms with Crippen molar-refractivity contribution >= 4 is 5.91 Å². The number of hydrogen-bond acceptors (Lipinski definition) is 3. The van der Waals surface area contributed by atoms with Crippen LogP contribution < -0.4 is 4.74 Å². The molecule has 0 aliphatic carbocycles. The lowest BCUT2D eigenvalue weighted by molar-refractivity contribution is 0.0636. The van der Waals surface area contributed by atoms with Crippen molar-refractivity contribution in [2.75, 3.05) is 39.8 Å². The van der Waals surface area contributed by atoms with E-state index in [-0.39, 0.29) is 11.7 Å². The van der Waals surface area contributed by atoms with Gasteiger partial charge in [0.05, 0.1) is 7.11 Å². The van der Waals surface area contributed by atoms with Gasteiger partial charge in [0.1, 0.15) is 11.6 Å². The van der Waals surface area contributed by atoms with Crippen LogP contribution in [0.3, 0.4) is 0 Å². The molecule has 3 rings (SSSR count). The van der Waals surface area contributed by atoms with Gasteiger partial charge in [0.25, 0.3) is 5.91 Å². The second-order valence-corrected chi connectivity index (χ2v) is 6.59. The van der Waals surface area contributed by atoms with Gasteiger partial charge in [-0.15, -0.1) is 0 Å². The number of carbonyl (C=O) groups is 1. The van der Waals surface area contributed by atoms with E-state index in [0.29, 0.717) is 5.56 Å². The summed E-state index contributed by atoms with van der Waals surface area (Å²) in [4.78, 5) is 16.7. The molecule has 1 aliphatic rings. The van der Waals surface area contributed by atoms with E-state index < -0.39 is 0 Å². The summed E-state index contributed by atoms with van der Waals surface area (Å²) in [6, 6.07) is 14.0. The molecule has 1 amide bonds. The van der Waals surface area contributed by atoms with Gasteiger partial charge >= 0.3 is 0 Å². The van der Waals surface area contributed by atoms with Crippen molar-refractivity contribution in [3.8, 4) is 5.75 Å². The minimum atomic E-state index is -0.316. The van der Waals surface area contributed by atoms with Crippen LogP contribution in [-0.2, 0) is 6.42 Å². The Balaban J connectivity index is 1.40. The highest BCUT2D eigenvalue weighted by Gasteiger charge is 2.21. The van der Waals surface area contributed by atoms with E-state index in [1.807, 2.05) is 17.0 Å². The second kappa shape index (κ2) is 8.81. The highest BCUT2D eigenvalue weighted by molar-refractivity contribution is 5.94. The van der Waals surface area contributed by atoms with Crippen LogP contribution in [0.5, 0.6) is 5.75 Å². The maximum Gasteiger partial charge on any atom is 0.253 e. The van der Waals surface area contributed by atoms with Gasteiger partial charge in [0.2, 0.25) is 0 Å². The Bertz CT molecular complexity index is 708. The number of benzene rings is 2. The van der Waals surface area contributed by atoms with E-state index in [1.165, 1.54) is 17.7 Å². The van der Waals surface area contributed by atoms with Crippen molar-refractivity contribution in [1.82, 2.24) is 9.80 Å². The third-order valence-electron chi connectivity index (χ3n) is 4.85. The smallest absolute Gasteiger partial charge is 0.253 e. The number of amides is 1. The van der Waals surface area contributed by atoms with E-state index in [4.69, 9.17) is 4.74 Å². The van der Waals surface area contributed by atoms with Crippen LogP contribution in [0.4, 0.5) is 4.39 Å². The minimum absolute atomic E-state index is 0.0112. The molecule has 0 radical (unpaired) electrons. The van der Waals surface area contributed by atoms with Crippen molar-refractivity contribution in [2.45, 2.75) is 12.8 Å². The first kappa shape index (κ1) is 18.4. The van der Waals surface area contributed by atoms with Crippen LogP contribution in [0.2, 0.25) is 0 Å². The van der Waals surface area contributed by atoms with E-state index in [9.17, 15) is 9.18 Å². The molecule has 1 fully saturated rings.